The van der Waals surface area contributed by atoms with Crippen molar-refractivity contribution in [3.63, 3.8) is 0 Å². The van der Waals surface area contributed by atoms with Crippen molar-refractivity contribution in [2.75, 3.05) is 19.8 Å². The second kappa shape index (κ2) is 6.13. The number of aromatic nitrogens is 2. The van der Waals surface area contributed by atoms with Crippen LogP contribution in [0.25, 0.3) is 0 Å². The van der Waals surface area contributed by atoms with Gasteiger partial charge in [-0.05, 0) is 37.7 Å². The predicted molar refractivity (Wildman–Crippen MR) is 73.6 cm³/mol. The highest BCUT2D eigenvalue weighted by molar-refractivity contribution is 5.01. The Morgan fingerprint density at radius 3 is 2.70 bits per heavy atom. The molecule has 20 heavy (non-hydrogen) atoms. The molecule has 2 unspecified atom stereocenters. The highest BCUT2D eigenvalue weighted by Crippen LogP contribution is 2.40. The number of hydrazine groups is 1. The summed E-state index contributed by atoms with van der Waals surface area (Å²) in [5.41, 5.74) is 2.86. The number of hydrogen-bond acceptors (Lipinski definition) is 6. The van der Waals surface area contributed by atoms with Gasteiger partial charge in [-0.3, -0.25) is 5.84 Å². The van der Waals surface area contributed by atoms with Gasteiger partial charge in [0.1, 0.15) is 5.82 Å². The topological polar surface area (TPSA) is 82.3 Å². The smallest absolute Gasteiger partial charge is 0.146 e. The molecule has 2 fully saturated rings. The molecular weight excluding hydrogens is 256 g/mol. The van der Waals surface area contributed by atoms with Gasteiger partial charge in [0, 0.05) is 32.2 Å². The number of nitrogens with two attached hydrogens (primary N) is 1. The number of nitrogens with one attached hydrogen (secondary N) is 1. The van der Waals surface area contributed by atoms with Crippen LogP contribution in [0.1, 0.15) is 37.5 Å². The zero-order valence-corrected chi connectivity index (χ0v) is 11.6. The Morgan fingerprint density at radius 1 is 1.25 bits per heavy atom. The van der Waals surface area contributed by atoms with Crippen LogP contribution in [0.5, 0.6) is 0 Å². The van der Waals surface area contributed by atoms with E-state index in [1.54, 1.807) is 12.4 Å². The number of hydrogen-bond donors (Lipinski definition) is 2. The lowest BCUT2D eigenvalue weighted by Gasteiger charge is -2.44. The third-order valence-corrected chi connectivity index (χ3v) is 4.45. The molecule has 3 rings (SSSR count). The molecule has 1 aromatic heterocycles. The van der Waals surface area contributed by atoms with Crippen LogP contribution in [0.15, 0.2) is 18.5 Å². The van der Waals surface area contributed by atoms with Gasteiger partial charge in [0.2, 0.25) is 0 Å². The molecule has 3 heterocycles. The molecule has 2 aliphatic heterocycles. The molecule has 6 heteroatoms. The molecule has 2 atom stereocenters. The molecule has 3 N–H and O–H groups in total. The Bertz CT molecular complexity index is 417. The van der Waals surface area contributed by atoms with E-state index in [9.17, 15) is 0 Å². The van der Waals surface area contributed by atoms with Crippen molar-refractivity contribution in [2.24, 2.45) is 11.8 Å². The van der Waals surface area contributed by atoms with Crippen LogP contribution < -0.4 is 11.3 Å². The fourth-order valence-electron chi connectivity index (χ4n) is 3.33. The van der Waals surface area contributed by atoms with Crippen molar-refractivity contribution in [1.29, 1.82) is 0 Å². The number of nitrogens with zero attached hydrogens (tertiary/aromatic N) is 2. The normalized spacial score (nSPS) is 27.4. The summed E-state index contributed by atoms with van der Waals surface area (Å²) in [5.74, 6) is 6.92. The largest absolute Gasteiger partial charge is 0.381 e. The Morgan fingerprint density at radius 2 is 2.00 bits per heavy atom. The lowest BCUT2D eigenvalue weighted by molar-refractivity contribution is -0.150. The molecule has 0 amide bonds. The van der Waals surface area contributed by atoms with Crippen LogP contribution in [-0.4, -0.2) is 35.4 Å². The van der Waals surface area contributed by atoms with Gasteiger partial charge in [-0.1, -0.05) is 0 Å². The van der Waals surface area contributed by atoms with E-state index in [1.807, 2.05) is 6.07 Å². The van der Waals surface area contributed by atoms with Gasteiger partial charge in [-0.15, -0.1) is 0 Å². The van der Waals surface area contributed by atoms with Crippen molar-refractivity contribution >= 4 is 0 Å². The predicted octanol–water partition coefficient (Wildman–Crippen LogP) is 0.957. The molecule has 0 radical (unpaired) electrons. The second-order valence-electron chi connectivity index (χ2n) is 5.65. The maximum absolute atomic E-state index is 6.08. The zero-order valence-electron chi connectivity index (χ0n) is 11.6. The first-order chi connectivity index (χ1) is 9.83. The minimum Gasteiger partial charge on any atom is -0.381 e. The van der Waals surface area contributed by atoms with Gasteiger partial charge in [0.15, 0.2) is 0 Å². The minimum absolute atomic E-state index is 0.0141. The van der Waals surface area contributed by atoms with Crippen molar-refractivity contribution in [3.8, 4) is 0 Å². The number of rotatable bonds is 3. The molecular formula is C14H22N4O2. The fraction of sp³-hybridized carbons (Fsp3) is 0.714. The van der Waals surface area contributed by atoms with E-state index in [0.717, 1.165) is 51.3 Å². The molecule has 2 saturated heterocycles. The van der Waals surface area contributed by atoms with E-state index >= 15 is 0 Å². The molecule has 0 saturated carbocycles. The summed E-state index contributed by atoms with van der Waals surface area (Å²) in [6.45, 7) is 2.35. The SMILES string of the molecule is NNC(c1ncccn1)C1CCOC2(CCOCC2)C1. The highest BCUT2D eigenvalue weighted by Gasteiger charge is 2.41. The van der Waals surface area contributed by atoms with Gasteiger partial charge < -0.3 is 9.47 Å². The Labute approximate surface area is 119 Å². The Kier molecular flexibility index (Phi) is 4.26. The summed E-state index contributed by atoms with van der Waals surface area (Å²) in [6.07, 6.45) is 7.43. The van der Waals surface area contributed by atoms with E-state index < -0.39 is 0 Å². The maximum atomic E-state index is 6.08. The van der Waals surface area contributed by atoms with Crippen molar-refractivity contribution in [3.05, 3.63) is 24.3 Å². The minimum atomic E-state index is -0.0367. The van der Waals surface area contributed by atoms with Crippen LogP contribution in [-0.2, 0) is 9.47 Å². The summed E-state index contributed by atoms with van der Waals surface area (Å²) < 4.78 is 11.5. The molecule has 0 aromatic carbocycles. The van der Waals surface area contributed by atoms with Crippen molar-refractivity contribution in [2.45, 2.75) is 37.3 Å². The summed E-state index contributed by atoms with van der Waals surface area (Å²) in [5, 5.41) is 0. The van der Waals surface area contributed by atoms with Gasteiger partial charge in [0.05, 0.1) is 11.6 Å². The van der Waals surface area contributed by atoms with Crippen molar-refractivity contribution < 1.29 is 9.47 Å². The van der Waals surface area contributed by atoms with Gasteiger partial charge in [0.25, 0.3) is 0 Å². The van der Waals surface area contributed by atoms with Crippen LogP contribution in [0.2, 0.25) is 0 Å². The fourth-order valence-corrected chi connectivity index (χ4v) is 3.33. The first-order valence-corrected chi connectivity index (χ1v) is 7.28. The third-order valence-electron chi connectivity index (χ3n) is 4.45. The lowest BCUT2D eigenvalue weighted by Crippen LogP contribution is -2.48. The quantitative estimate of drug-likeness (QED) is 0.633. The third kappa shape index (κ3) is 2.83. The van der Waals surface area contributed by atoms with Gasteiger partial charge in [-0.2, -0.15) is 0 Å². The first-order valence-electron chi connectivity index (χ1n) is 7.28. The Balaban J connectivity index is 1.75. The molecule has 0 bridgehead atoms. The van der Waals surface area contributed by atoms with E-state index in [-0.39, 0.29) is 11.6 Å². The number of ether oxygens (including phenoxy) is 2. The van der Waals surface area contributed by atoms with E-state index in [2.05, 4.69) is 15.4 Å². The standard InChI is InChI=1S/C14H22N4O2/c15-18-12(13-16-5-1-6-17-13)11-2-7-20-14(10-11)3-8-19-9-4-14/h1,5-6,11-12,18H,2-4,7-10,15H2. The van der Waals surface area contributed by atoms with E-state index in [1.165, 1.54) is 0 Å². The van der Waals surface area contributed by atoms with Gasteiger partial charge in [-0.25, -0.2) is 15.4 Å². The second-order valence-corrected chi connectivity index (χ2v) is 5.65. The summed E-state index contributed by atoms with van der Waals surface area (Å²) in [6, 6.07) is 1.81. The summed E-state index contributed by atoms with van der Waals surface area (Å²) in [4.78, 5) is 8.68. The average molecular weight is 278 g/mol. The van der Waals surface area contributed by atoms with Crippen LogP contribution in [0, 0.1) is 5.92 Å². The summed E-state index contributed by atoms with van der Waals surface area (Å²) >= 11 is 0. The molecule has 1 aromatic rings. The maximum Gasteiger partial charge on any atom is 0.146 e. The van der Waals surface area contributed by atoms with E-state index in [0.29, 0.717) is 5.92 Å². The molecule has 6 nitrogen and oxygen atoms in total. The Hall–Kier alpha value is -1.08. The van der Waals surface area contributed by atoms with Crippen LogP contribution in [0.3, 0.4) is 0 Å². The molecule has 1 spiro atoms. The average Bonchev–Trinajstić information content (AvgIpc) is 2.50. The van der Waals surface area contributed by atoms with E-state index in [4.69, 9.17) is 15.3 Å². The van der Waals surface area contributed by atoms with Gasteiger partial charge >= 0.3 is 0 Å². The monoisotopic (exact) mass is 278 g/mol. The zero-order chi connectivity index (χ0) is 13.8. The molecule has 2 aliphatic rings. The highest BCUT2D eigenvalue weighted by atomic mass is 16.5. The molecule has 110 valence electrons. The molecule has 0 aliphatic carbocycles. The first kappa shape index (κ1) is 13.9. The van der Waals surface area contributed by atoms with Crippen molar-refractivity contribution in [1.82, 2.24) is 15.4 Å². The van der Waals surface area contributed by atoms with Crippen LogP contribution in [0.4, 0.5) is 0 Å². The summed E-state index contributed by atoms with van der Waals surface area (Å²) in [7, 11) is 0. The lowest BCUT2D eigenvalue weighted by atomic mass is 9.77. The van der Waals surface area contributed by atoms with Crippen LogP contribution >= 0.6 is 0 Å².